The van der Waals surface area contributed by atoms with E-state index in [1.54, 1.807) is 0 Å². The first-order valence-electron chi connectivity index (χ1n) is 8.97. The van der Waals surface area contributed by atoms with Crippen LogP contribution in [0.15, 0.2) is 0 Å². The van der Waals surface area contributed by atoms with Crippen LogP contribution in [0.1, 0.15) is 0 Å². The van der Waals surface area contributed by atoms with Gasteiger partial charge < -0.3 is 28.0 Å². The molecule has 0 aliphatic carbocycles. The summed E-state index contributed by atoms with van der Waals surface area (Å²) in [7, 11) is -25.2. The second-order valence-electron chi connectivity index (χ2n) is 6.49. The average Bonchev–Trinajstić information content (AvgIpc) is 2.69. The Hall–Kier alpha value is -0.0430. The zero-order valence-corrected chi connectivity index (χ0v) is 27.4. The zero-order chi connectivity index (χ0) is 39.5. The summed E-state index contributed by atoms with van der Waals surface area (Å²) >= 11 is 0. The maximum atomic E-state index is 12.2. The predicted molar refractivity (Wildman–Crippen MR) is 115 cm³/mol. The van der Waals surface area contributed by atoms with Crippen LogP contribution in [0.5, 0.6) is 0 Å². The molecule has 0 spiro atoms. The molecule has 0 aliphatic rings. The third kappa shape index (κ3) is 22.7. The van der Waals surface area contributed by atoms with E-state index < -0.39 is 103 Å². The molecular weight excluding hydrogens is 929 g/mol. The van der Waals surface area contributed by atoms with Crippen molar-refractivity contribution < 1.29 is 153 Å². The number of halogens is 24. The normalized spacial score (nSPS) is 13.2. The summed E-state index contributed by atoms with van der Waals surface area (Å²) in [6, 6.07) is 0. The second-order valence-corrected chi connectivity index (χ2v) is 17.4. The Bertz CT molecular complexity index is 669. The van der Waals surface area contributed by atoms with E-state index in [1.807, 2.05) is 0 Å². The fourth-order valence-electron chi connectivity index (χ4n) is 2.39. The van der Waals surface area contributed by atoms with Crippen LogP contribution in [0.25, 0.3) is 0 Å². The van der Waals surface area contributed by atoms with Crippen molar-refractivity contribution in [1.29, 1.82) is 0 Å². The Morgan fingerprint density at radius 1 is 0.354 bits per heavy atom. The van der Waals surface area contributed by atoms with Crippen molar-refractivity contribution in [2.75, 3.05) is 14.1 Å². The van der Waals surface area contributed by atoms with Crippen LogP contribution in [0.3, 0.4) is 0 Å². The summed E-state index contributed by atoms with van der Waals surface area (Å²) < 4.78 is 289. The standard InChI is InChI=1S/2C5H3F12NP2.CHO.2CO.2Ni/c2*1-18(19(2(6,7)8)3(9,10)11)20(4(12,13)14)5(15,16)17;3*1-2;;/h2*1H3;1H;;;;/q;;3*-1;;+2/p+4. The molecule has 0 aromatic rings. The van der Waals surface area contributed by atoms with Crippen molar-refractivity contribution in [2.24, 2.45) is 0 Å². The van der Waals surface area contributed by atoms with Gasteiger partial charge in [0.25, 0.3) is 0 Å². The first-order valence-corrected chi connectivity index (χ1v) is 14.8. The summed E-state index contributed by atoms with van der Waals surface area (Å²) in [5.41, 5.74) is 0. The Balaban J connectivity index is -0.000000117. The molecule has 0 saturated carbocycles. The fourth-order valence-corrected chi connectivity index (χ4v) is 11.5. The van der Waals surface area contributed by atoms with E-state index in [2.05, 4.69) is 20.4 Å². The number of nitrogens with zero attached hydrogens (tertiary/aromatic N) is 2. The molecule has 0 aromatic heterocycles. The quantitative estimate of drug-likeness (QED) is 0.0926. The number of hydrogen-bond acceptors (Lipinski definition) is 5. The molecule has 296 valence electrons. The van der Waals surface area contributed by atoms with E-state index in [0.717, 1.165) is 0 Å². The molecule has 0 heterocycles. The van der Waals surface area contributed by atoms with Crippen molar-refractivity contribution in [1.82, 2.24) is 8.88 Å². The smallest absolute Gasteiger partial charge is 0.573 e. The van der Waals surface area contributed by atoms with Crippen molar-refractivity contribution >= 4 is 52.7 Å². The molecule has 0 bridgehead atoms. The Labute approximate surface area is 275 Å². The van der Waals surface area contributed by atoms with Crippen LogP contribution in [-0.4, -0.2) is 90.7 Å². The van der Waals surface area contributed by atoms with E-state index in [9.17, 15) is 105 Å². The van der Waals surface area contributed by atoms with Crippen molar-refractivity contribution in [2.45, 2.75) is 47.3 Å². The largest absolute Gasteiger partial charge is 2.00 e. The molecule has 0 atom stereocenters. The third-order valence-electron chi connectivity index (χ3n) is 3.49. The van der Waals surface area contributed by atoms with Gasteiger partial charge in [-0.2, -0.15) is 0 Å². The Morgan fingerprint density at radius 2 is 0.417 bits per heavy atom. The minimum Gasteiger partial charge on any atom is -0.573 e. The fraction of sp³-hybridized carbons (Fsp3) is 0.769. The first kappa shape index (κ1) is 63.0. The van der Waals surface area contributed by atoms with Gasteiger partial charge in [-0.3, -0.25) is 6.79 Å². The van der Waals surface area contributed by atoms with Gasteiger partial charge in [-0.1, -0.05) is 0 Å². The van der Waals surface area contributed by atoms with Gasteiger partial charge in [-0.25, -0.2) is 0 Å². The summed E-state index contributed by atoms with van der Waals surface area (Å²) in [6.07, 6.45) is 0. The predicted octanol–water partition coefficient (Wildman–Crippen LogP) is 9.44. The molecule has 0 aliphatic heterocycles. The molecule has 0 fully saturated rings. The molecule has 0 amide bonds. The minimum absolute atomic E-state index is 0. The van der Waals surface area contributed by atoms with Gasteiger partial charge >= 0.3 is 96.1 Å². The maximum Gasteiger partial charge on any atom is 2.00 e. The minimum atomic E-state index is -6.23. The molecular formula is C13H11F24N2Ni2O3P4+3. The molecule has 0 unspecified atom stereocenters. The molecule has 0 saturated heterocycles. The van der Waals surface area contributed by atoms with Crippen molar-refractivity contribution in [3.8, 4) is 0 Å². The number of hydrogen-bond donors (Lipinski definition) is 0. The Morgan fingerprint density at radius 3 is 0.458 bits per heavy atom. The number of rotatable bonds is 4. The third-order valence-corrected chi connectivity index (χ3v) is 13.2. The van der Waals surface area contributed by atoms with Gasteiger partial charge in [0.2, 0.25) is 0 Å². The number of carbonyl (C=O) groups excluding carboxylic acids is 3. The summed E-state index contributed by atoms with van der Waals surface area (Å²) in [5.74, 6) is -49.9. The molecule has 2 radical (unpaired) electrons. The van der Waals surface area contributed by atoms with E-state index in [-0.39, 0.29) is 33.0 Å². The number of alkyl halides is 24. The van der Waals surface area contributed by atoms with Crippen LogP contribution in [0, 0.1) is 0 Å². The van der Waals surface area contributed by atoms with Crippen LogP contribution >= 0.6 is 32.3 Å². The van der Waals surface area contributed by atoms with Crippen molar-refractivity contribution in [3.05, 3.63) is 0 Å². The molecule has 0 rings (SSSR count). The van der Waals surface area contributed by atoms with Crippen LogP contribution in [0.2, 0.25) is 0 Å². The van der Waals surface area contributed by atoms with Gasteiger partial charge in [0, 0.05) is 16.5 Å². The maximum absolute atomic E-state index is 12.2. The second kappa shape index (κ2) is 22.8. The molecule has 48 heavy (non-hydrogen) atoms. The van der Waals surface area contributed by atoms with E-state index >= 15 is 0 Å². The van der Waals surface area contributed by atoms with E-state index in [1.165, 1.54) is 0 Å². The molecule has 5 nitrogen and oxygen atoms in total. The van der Waals surface area contributed by atoms with Crippen LogP contribution < -0.4 is 0 Å². The van der Waals surface area contributed by atoms with Crippen molar-refractivity contribution in [3.63, 3.8) is 0 Å². The monoisotopic (exact) mass is 939 g/mol. The van der Waals surface area contributed by atoms with Gasteiger partial charge in [0.15, 0.2) is 0 Å². The summed E-state index contributed by atoms with van der Waals surface area (Å²) in [5, 5.41) is 0. The van der Waals surface area contributed by atoms with Gasteiger partial charge in [0.05, 0.1) is 14.1 Å². The first-order chi connectivity index (χ1) is 19.8. The summed E-state index contributed by atoms with van der Waals surface area (Å²) in [4.78, 5) is 22.8. The SMILES string of the molecule is CN([PH+](C(F)(F)F)C(F)(F)F)[PH+](C(F)(F)F)C(F)(F)F.CN([PH+](C(F)(F)F)C(F)(F)F)[PH+](C(F)(F)F)C(F)(F)F.[C-]=O.[C-]=O.[CH-]=O.[Ni+2].[Ni]. The molecule has 35 heteroatoms. The zero-order valence-electron chi connectivity index (χ0n) is 21.4. The van der Waals surface area contributed by atoms with Gasteiger partial charge in [0.1, 0.15) is 0 Å². The Kier molecular flexibility index (Phi) is 29.9. The van der Waals surface area contributed by atoms with Gasteiger partial charge in [-0.15, -0.1) is 105 Å². The van der Waals surface area contributed by atoms with Crippen LogP contribution in [0.4, 0.5) is 105 Å². The molecule has 0 aromatic carbocycles. The van der Waals surface area contributed by atoms with E-state index in [0.29, 0.717) is 0 Å². The summed E-state index contributed by atoms with van der Waals surface area (Å²) in [6.45, 7) is 12.2. The van der Waals surface area contributed by atoms with Crippen LogP contribution in [-0.2, 0) is 47.4 Å². The van der Waals surface area contributed by atoms with Gasteiger partial charge in [-0.05, 0) is 8.88 Å². The average molecular weight is 940 g/mol. The van der Waals surface area contributed by atoms with E-state index in [4.69, 9.17) is 14.4 Å². The molecule has 0 N–H and O–H groups in total. The topological polar surface area (TPSA) is 57.7 Å².